The molecule has 1 amide bonds. The highest BCUT2D eigenvalue weighted by Crippen LogP contribution is 2.24. The van der Waals surface area contributed by atoms with Gasteiger partial charge in [-0.25, -0.2) is 9.37 Å². The van der Waals surface area contributed by atoms with E-state index >= 15 is 0 Å². The minimum atomic E-state index is -0.474. The number of hydrogen-bond donors (Lipinski definition) is 0. The lowest BCUT2D eigenvalue weighted by atomic mass is 10.1. The molecule has 0 aliphatic rings. The summed E-state index contributed by atoms with van der Waals surface area (Å²) < 4.78 is 15.2. The fraction of sp³-hybridized carbons (Fsp3) is 0.318. The summed E-state index contributed by atoms with van der Waals surface area (Å²) in [6, 6.07) is 10.1. The Hall–Kier alpha value is -2.73. The van der Waals surface area contributed by atoms with Crippen molar-refractivity contribution in [3.63, 3.8) is 0 Å². The van der Waals surface area contributed by atoms with Crippen LogP contribution in [-0.2, 0) is 6.54 Å². The maximum absolute atomic E-state index is 13.6. The van der Waals surface area contributed by atoms with E-state index in [0.717, 1.165) is 0 Å². The first-order chi connectivity index (χ1) is 13.9. The Morgan fingerprint density at radius 1 is 1.24 bits per heavy atom. The molecule has 0 radical (unpaired) electrons. The minimum absolute atomic E-state index is 0.198. The van der Waals surface area contributed by atoms with E-state index in [-0.39, 0.29) is 17.0 Å². The van der Waals surface area contributed by atoms with E-state index in [4.69, 9.17) is 11.6 Å². The zero-order chi connectivity index (χ0) is 21.1. The molecule has 1 unspecified atom stereocenters. The van der Waals surface area contributed by atoms with Crippen LogP contribution in [0.25, 0.3) is 10.9 Å². The summed E-state index contributed by atoms with van der Waals surface area (Å²) in [5.74, 6) is -0.274. The molecule has 2 aromatic carbocycles. The molecule has 0 fully saturated rings. The average molecular weight is 416 g/mol. The third-order valence-electron chi connectivity index (χ3n) is 4.90. The van der Waals surface area contributed by atoms with E-state index in [9.17, 15) is 14.0 Å². The van der Waals surface area contributed by atoms with Gasteiger partial charge in [0.2, 0.25) is 0 Å². The molecule has 1 aromatic heterocycles. The standard InChI is InChI=1S/C22H23ClFN3O2/c1-4-11-27(21(28)15-7-6-8-17(24)12-15)14(3)20-25-19-10-9-16(23)13-18(19)22(29)26(20)5-2/h6-10,12-14H,4-5,11H2,1-3H3. The van der Waals surface area contributed by atoms with E-state index in [0.29, 0.717) is 41.3 Å². The molecule has 0 aliphatic heterocycles. The maximum Gasteiger partial charge on any atom is 0.261 e. The second-order valence-electron chi connectivity index (χ2n) is 6.87. The summed E-state index contributed by atoms with van der Waals surface area (Å²) in [6.07, 6.45) is 0.713. The Balaban J connectivity index is 2.11. The molecule has 3 aromatic rings. The number of fused-ring (bicyclic) bond motifs is 1. The van der Waals surface area contributed by atoms with E-state index in [1.165, 1.54) is 18.2 Å². The molecule has 7 heteroatoms. The minimum Gasteiger partial charge on any atom is -0.329 e. The largest absolute Gasteiger partial charge is 0.329 e. The van der Waals surface area contributed by atoms with Crippen LogP contribution < -0.4 is 5.56 Å². The van der Waals surface area contributed by atoms with Crippen molar-refractivity contribution in [1.29, 1.82) is 0 Å². The third kappa shape index (κ3) is 4.17. The van der Waals surface area contributed by atoms with Crippen molar-refractivity contribution in [3.05, 3.63) is 75.0 Å². The SMILES string of the molecule is CCCN(C(=O)c1cccc(F)c1)C(C)c1nc2ccc(Cl)cc2c(=O)n1CC. The number of carbonyl (C=O) groups is 1. The summed E-state index contributed by atoms with van der Waals surface area (Å²) in [4.78, 5) is 32.4. The number of rotatable bonds is 6. The Bertz CT molecular complexity index is 1110. The van der Waals surface area contributed by atoms with Crippen LogP contribution >= 0.6 is 11.6 Å². The molecular weight excluding hydrogens is 393 g/mol. The van der Waals surface area contributed by atoms with Crippen molar-refractivity contribution in [3.8, 4) is 0 Å². The Labute approximate surface area is 173 Å². The Kier molecular flexibility index (Phi) is 6.33. The van der Waals surface area contributed by atoms with Gasteiger partial charge in [-0.05, 0) is 56.7 Å². The number of nitrogens with zero attached hydrogens (tertiary/aromatic N) is 3. The summed E-state index contributed by atoms with van der Waals surface area (Å²) in [5, 5.41) is 0.905. The van der Waals surface area contributed by atoms with Gasteiger partial charge in [-0.2, -0.15) is 0 Å². The first-order valence-corrected chi connectivity index (χ1v) is 10.0. The first kappa shape index (κ1) is 21.0. The van der Waals surface area contributed by atoms with Crippen molar-refractivity contribution in [2.24, 2.45) is 0 Å². The quantitative estimate of drug-likeness (QED) is 0.579. The summed E-state index contributed by atoms with van der Waals surface area (Å²) in [5.41, 5.74) is 0.598. The van der Waals surface area contributed by atoms with E-state index < -0.39 is 11.9 Å². The second kappa shape index (κ2) is 8.74. The zero-order valence-electron chi connectivity index (χ0n) is 16.7. The molecule has 29 heavy (non-hydrogen) atoms. The van der Waals surface area contributed by atoms with Crippen molar-refractivity contribution < 1.29 is 9.18 Å². The van der Waals surface area contributed by atoms with Gasteiger partial charge in [-0.1, -0.05) is 24.6 Å². The van der Waals surface area contributed by atoms with Crippen LogP contribution in [0.2, 0.25) is 5.02 Å². The Morgan fingerprint density at radius 3 is 2.66 bits per heavy atom. The highest BCUT2D eigenvalue weighted by Gasteiger charge is 2.26. The molecule has 3 rings (SSSR count). The van der Waals surface area contributed by atoms with E-state index in [1.54, 1.807) is 33.7 Å². The van der Waals surface area contributed by atoms with Crippen LogP contribution in [-0.4, -0.2) is 26.9 Å². The smallest absolute Gasteiger partial charge is 0.261 e. The molecule has 0 N–H and O–H groups in total. The predicted octanol–water partition coefficient (Wildman–Crippen LogP) is 4.82. The molecule has 0 saturated carbocycles. The lowest BCUT2D eigenvalue weighted by Gasteiger charge is -2.30. The maximum atomic E-state index is 13.6. The number of amides is 1. The van der Waals surface area contributed by atoms with Crippen molar-refractivity contribution in [2.45, 2.75) is 39.8 Å². The predicted molar refractivity (Wildman–Crippen MR) is 113 cm³/mol. The van der Waals surface area contributed by atoms with Gasteiger partial charge in [0.25, 0.3) is 11.5 Å². The van der Waals surface area contributed by atoms with Crippen LogP contribution in [0.15, 0.2) is 47.3 Å². The summed E-state index contributed by atoms with van der Waals surface area (Å²) in [6.45, 7) is 6.51. The fourth-order valence-corrected chi connectivity index (χ4v) is 3.65. The molecule has 0 spiro atoms. The summed E-state index contributed by atoms with van der Waals surface area (Å²) in [7, 11) is 0. The number of halogens is 2. The van der Waals surface area contributed by atoms with Gasteiger partial charge in [0, 0.05) is 23.7 Å². The van der Waals surface area contributed by atoms with Crippen LogP contribution in [0.5, 0.6) is 0 Å². The van der Waals surface area contributed by atoms with Gasteiger partial charge in [0.15, 0.2) is 0 Å². The van der Waals surface area contributed by atoms with Crippen LogP contribution in [0.1, 0.15) is 49.4 Å². The Morgan fingerprint density at radius 2 is 2.00 bits per heavy atom. The zero-order valence-corrected chi connectivity index (χ0v) is 17.4. The van der Waals surface area contributed by atoms with Crippen molar-refractivity contribution in [2.75, 3.05) is 6.54 Å². The average Bonchev–Trinajstić information content (AvgIpc) is 2.71. The molecule has 1 atom stereocenters. The monoisotopic (exact) mass is 415 g/mol. The van der Waals surface area contributed by atoms with Gasteiger partial charge >= 0.3 is 0 Å². The van der Waals surface area contributed by atoms with Crippen molar-refractivity contribution in [1.82, 2.24) is 14.5 Å². The van der Waals surface area contributed by atoms with Gasteiger partial charge in [0.1, 0.15) is 11.6 Å². The molecule has 152 valence electrons. The van der Waals surface area contributed by atoms with Gasteiger partial charge < -0.3 is 4.90 Å². The number of aromatic nitrogens is 2. The number of hydrogen-bond acceptors (Lipinski definition) is 3. The summed E-state index contributed by atoms with van der Waals surface area (Å²) >= 11 is 6.04. The number of carbonyl (C=O) groups excluding carboxylic acids is 1. The van der Waals surface area contributed by atoms with Gasteiger partial charge in [0.05, 0.1) is 16.9 Å². The normalized spacial score (nSPS) is 12.2. The molecule has 0 bridgehead atoms. The third-order valence-corrected chi connectivity index (χ3v) is 5.14. The second-order valence-corrected chi connectivity index (χ2v) is 7.30. The molecule has 1 heterocycles. The molecule has 0 saturated heterocycles. The van der Waals surface area contributed by atoms with E-state index in [1.807, 2.05) is 20.8 Å². The van der Waals surface area contributed by atoms with Crippen molar-refractivity contribution >= 4 is 28.4 Å². The molecule has 5 nitrogen and oxygen atoms in total. The highest BCUT2D eigenvalue weighted by molar-refractivity contribution is 6.31. The lowest BCUT2D eigenvalue weighted by Crippen LogP contribution is -2.38. The van der Waals surface area contributed by atoms with Crippen LogP contribution in [0.4, 0.5) is 4.39 Å². The highest BCUT2D eigenvalue weighted by atomic mass is 35.5. The first-order valence-electron chi connectivity index (χ1n) is 9.63. The molecular formula is C22H23ClFN3O2. The lowest BCUT2D eigenvalue weighted by molar-refractivity contribution is 0.0678. The topological polar surface area (TPSA) is 55.2 Å². The fourth-order valence-electron chi connectivity index (χ4n) is 3.47. The molecule has 0 aliphatic carbocycles. The van der Waals surface area contributed by atoms with E-state index in [2.05, 4.69) is 4.98 Å². The van der Waals surface area contributed by atoms with Crippen LogP contribution in [0.3, 0.4) is 0 Å². The number of benzene rings is 2. The van der Waals surface area contributed by atoms with Gasteiger partial charge in [-0.3, -0.25) is 14.2 Å². The van der Waals surface area contributed by atoms with Crippen LogP contribution in [0, 0.1) is 5.82 Å². The van der Waals surface area contributed by atoms with Gasteiger partial charge in [-0.15, -0.1) is 0 Å².